The van der Waals surface area contributed by atoms with Crippen LogP contribution >= 0.6 is 0 Å². The first-order chi connectivity index (χ1) is 15.2. The first kappa shape index (κ1) is 19.5. The Morgan fingerprint density at radius 3 is 2.77 bits per heavy atom. The van der Waals surface area contributed by atoms with E-state index >= 15 is 0 Å². The number of carbonyl (C=O) groups excluding carboxylic acids is 1. The highest BCUT2D eigenvalue weighted by Gasteiger charge is 2.25. The summed E-state index contributed by atoms with van der Waals surface area (Å²) in [6.45, 7) is 0.777. The molecule has 1 aliphatic carbocycles. The van der Waals surface area contributed by atoms with Gasteiger partial charge < -0.3 is 14.2 Å². The molecule has 0 radical (unpaired) electrons. The smallest absolute Gasteiger partial charge is 0.341 e. The van der Waals surface area contributed by atoms with E-state index in [-0.39, 0.29) is 13.2 Å². The quantitative estimate of drug-likeness (QED) is 0.446. The molecule has 0 saturated heterocycles. The number of carbonyl (C=O) groups is 1. The van der Waals surface area contributed by atoms with Crippen molar-refractivity contribution in [2.24, 2.45) is 0 Å². The average molecular weight is 416 g/mol. The largest absolute Gasteiger partial charge is 0.457 e. The number of aromatic nitrogens is 4. The Labute approximate surface area is 179 Å². The third kappa shape index (κ3) is 4.36. The zero-order valence-corrected chi connectivity index (χ0v) is 17.1. The van der Waals surface area contributed by atoms with Gasteiger partial charge in [-0.05, 0) is 41.9 Å². The maximum atomic E-state index is 12.3. The number of ether oxygens (including phenoxy) is 1. The first-order valence-electron chi connectivity index (χ1n) is 10.5. The average Bonchev–Trinajstić information content (AvgIpc) is 3.40. The number of imidazole rings is 1. The van der Waals surface area contributed by atoms with Gasteiger partial charge in [0.25, 0.3) is 0 Å². The van der Waals surface area contributed by atoms with E-state index in [4.69, 9.17) is 9.72 Å². The van der Waals surface area contributed by atoms with Crippen LogP contribution in [0, 0.1) is 0 Å². The van der Waals surface area contributed by atoms with E-state index < -0.39 is 5.97 Å². The number of pyridine rings is 1. The summed E-state index contributed by atoms with van der Waals surface area (Å²) in [5.41, 5.74) is 5.43. The Bertz CT molecular complexity index is 1210. The van der Waals surface area contributed by atoms with Crippen molar-refractivity contribution in [3.63, 3.8) is 0 Å². The first-order valence-corrected chi connectivity index (χ1v) is 10.5. The summed E-state index contributed by atoms with van der Waals surface area (Å²) in [5, 5.41) is 13.7. The minimum atomic E-state index is -0.399. The number of rotatable bonds is 8. The number of aliphatic hydroxyl groups excluding tert-OH is 1. The molecule has 1 aliphatic rings. The third-order valence-electron chi connectivity index (χ3n) is 5.53. The maximum absolute atomic E-state index is 12.3. The molecule has 0 amide bonds. The Morgan fingerprint density at radius 2 is 2.00 bits per heavy atom. The summed E-state index contributed by atoms with van der Waals surface area (Å²) in [4.78, 5) is 17.1. The van der Waals surface area contributed by atoms with E-state index in [1.165, 1.54) is 24.6 Å². The van der Waals surface area contributed by atoms with Crippen LogP contribution in [0.1, 0.15) is 51.5 Å². The number of hydrogen-bond acceptors (Lipinski definition) is 5. The van der Waals surface area contributed by atoms with Gasteiger partial charge in [0.15, 0.2) is 0 Å². The molecular formula is C24H24N4O3. The molecule has 7 nitrogen and oxygen atoms in total. The molecule has 1 fully saturated rings. The van der Waals surface area contributed by atoms with Crippen LogP contribution in [0.5, 0.6) is 0 Å². The molecule has 7 heteroatoms. The zero-order chi connectivity index (χ0) is 21.2. The standard InChI is InChI=1S/C24H24N4O3/c29-9-8-19-10-20(18-6-7-18)12-27-14-22(26-23(19)27)15-28-13-21(11-25-28)24(30)31-16-17-4-2-1-3-5-17/h1-5,10-14,18,29H,6-9,15-16H2. The molecule has 3 aromatic heterocycles. The lowest BCUT2D eigenvalue weighted by atomic mass is 10.1. The van der Waals surface area contributed by atoms with Gasteiger partial charge in [0.2, 0.25) is 0 Å². The van der Waals surface area contributed by atoms with Crippen molar-refractivity contribution < 1.29 is 14.6 Å². The summed E-state index contributed by atoms with van der Waals surface area (Å²) < 4.78 is 9.11. The molecule has 31 heavy (non-hydrogen) atoms. The lowest BCUT2D eigenvalue weighted by Gasteiger charge is -2.06. The highest BCUT2D eigenvalue weighted by atomic mass is 16.5. The molecule has 1 saturated carbocycles. The summed E-state index contributed by atoms with van der Waals surface area (Å²) >= 11 is 0. The number of hydrogen-bond donors (Lipinski definition) is 1. The van der Waals surface area contributed by atoms with Crippen LogP contribution in [-0.4, -0.2) is 36.8 Å². The second kappa shape index (κ2) is 8.35. The molecule has 0 atom stereocenters. The van der Waals surface area contributed by atoms with Gasteiger partial charge in [-0.2, -0.15) is 5.10 Å². The predicted octanol–water partition coefficient (Wildman–Crippen LogP) is 3.35. The molecule has 5 rings (SSSR count). The van der Waals surface area contributed by atoms with Crippen LogP contribution in [0.3, 0.4) is 0 Å². The van der Waals surface area contributed by atoms with Gasteiger partial charge in [0, 0.05) is 25.2 Å². The van der Waals surface area contributed by atoms with E-state index in [0.717, 1.165) is 22.5 Å². The fraction of sp³-hybridized carbons (Fsp3) is 0.292. The van der Waals surface area contributed by atoms with Crippen molar-refractivity contribution in [1.29, 1.82) is 0 Å². The van der Waals surface area contributed by atoms with Gasteiger partial charge in [0.05, 0.1) is 24.0 Å². The van der Waals surface area contributed by atoms with E-state index in [2.05, 4.69) is 17.4 Å². The monoisotopic (exact) mass is 416 g/mol. The highest BCUT2D eigenvalue weighted by molar-refractivity contribution is 5.88. The fourth-order valence-corrected chi connectivity index (χ4v) is 3.79. The summed E-state index contributed by atoms with van der Waals surface area (Å²) in [7, 11) is 0. The molecule has 0 unspecified atom stereocenters. The summed E-state index contributed by atoms with van der Waals surface area (Å²) in [6.07, 6.45) is 10.4. The van der Waals surface area contributed by atoms with Crippen molar-refractivity contribution in [2.75, 3.05) is 6.61 Å². The number of esters is 1. The van der Waals surface area contributed by atoms with Gasteiger partial charge in [-0.3, -0.25) is 4.68 Å². The van der Waals surface area contributed by atoms with E-state index in [1.54, 1.807) is 10.9 Å². The van der Waals surface area contributed by atoms with Gasteiger partial charge >= 0.3 is 5.97 Å². The number of aliphatic hydroxyl groups is 1. The topological polar surface area (TPSA) is 81.7 Å². The van der Waals surface area contributed by atoms with Gasteiger partial charge in [-0.25, -0.2) is 9.78 Å². The Hall–Kier alpha value is -3.45. The van der Waals surface area contributed by atoms with Crippen LogP contribution in [0.4, 0.5) is 0 Å². The van der Waals surface area contributed by atoms with Crippen molar-refractivity contribution in [3.05, 3.63) is 89.1 Å². The van der Waals surface area contributed by atoms with E-state index in [1.807, 2.05) is 40.9 Å². The maximum Gasteiger partial charge on any atom is 0.341 e. The van der Waals surface area contributed by atoms with Crippen LogP contribution in [0.15, 0.2) is 61.2 Å². The molecule has 1 N–H and O–H groups in total. The highest BCUT2D eigenvalue weighted by Crippen LogP contribution is 2.40. The number of nitrogens with zero attached hydrogens (tertiary/aromatic N) is 4. The molecule has 1 aromatic carbocycles. The fourth-order valence-electron chi connectivity index (χ4n) is 3.79. The molecule has 3 heterocycles. The van der Waals surface area contributed by atoms with Crippen molar-refractivity contribution in [2.45, 2.75) is 38.3 Å². The second-order valence-electron chi connectivity index (χ2n) is 8.00. The molecule has 0 spiro atoms. The second-order valence-corrected chi connectivity index (χ2v) is 8.00. The van der Waals surface area contributed by atoms with Gasteiger partial charge in [-0.15, -0.1) is 0 Å². The van der Waals surface area contributed by atoms with Crippen molar-refractivity contribution >= 4 is 11.6 Å². The van der Waals surface area contributed by atoms with Crippen molar-refractivity contribution in [3.8, 4) is 0 Å². The third-order valence-corrected chi connectivity index (χ3v) is 5.53. The van der Waals surface area contributed by atoms with Crippen LogP contribution < -0.4 is 0 Å². The summed E-state index contributed by atoms with van der Waals surface area (Å²) in [6, 6.07) is 11.8. The molecule has 158 valence electrons. The zero-order valence-electron chi connectivity index (χ0n) is 17.1. The lowest BCUT2D eigenvalue weighted by Crippen LogP contribution is -2.05. The number of benzene rings is 1. The molecular weight excluding hydrogens is 392 g/mol. The number of fused-ring (bicyclic) bond motifs is 1. The predicted molar refractivity (Wildman–Crippen MR) is 115 cm³/mol. The van der Waals surface area contributed by atoms with E-state index in [9.17, 15) is 9.90 Å². The minimum absolute atomic E-state index is 0.0968. The normalized spacial score (nSPS) is 13.6. The van der Waals surface area contributed by atoms with Gasteiger partial charge in [-0.1, -0.05) is 36.4 Å². The van der Waals surface area contributed by atoms with Crippen LogP contribution in [0.2, 0.25) is 0 Å². The van der Waals surface area contributed by atoms with E-state index in [0.29, 0.717) is 24.4 Å². The molecule has 4 aromatic rings. The van der Waals surface area contributed by atoms with Crippen LogP contribution in [0.25, 0.3) is 5.65 Å². The summed E-state index contributed by atoms with van der Waals surface area (Å²) in [5.74, 6) is 0.229. The van der Waals surface area contributed by atoms with Crippen molar-refractivity contribution in [1.82, 2.24) is 19.2 Å². The van der Waals surface area contributed by atoms with Crippen LogP contribution in [-0.2, 0) is 24.3 Å². The molecule has 0 bridgehead atoms. The Balaban J connectivity index is 1.30. The van der Waals surface area contributed by atoms with Gasteiger partial charge in [0.1, 0.15) is 12.3 Å². The SMILES string of the molecule is O=C(OCc1ccccc1)c1cnn(Cc2cn3cc(C4CC4)cc(CCO)c3n2)c1. The molecule has 0 aliphatic heterocycles. The Kier molecular flexibility index (Phi) is 5.26. The minimum Gasteiger partial charge on any atom is -0.457 e. The Morgan fingerprint density at radius 1 is 1.16 bits per heavy atom. The lowest BCUT2D eigenvalue weighted by molar-refractivity contribution is 0.0472.